The van der Waals surface area contributed by atoms with Crippen LogP contribution in [0.3, 0.4) is 0 Å². The van der Waals surface area contributed by atoms with Crippen LogP contribution in [0.5, 0.6) is 0 Å². The minimum Gasteiger partial charge on any atom is -0.465 e. The highest BCUT2D eigenvalue weighted by molar-refractivity contribution is 5.66. The van der Waals surface area contributed by atoms with Gasteiger partial charge in [-0.25, -0.2) is 4.79 Å². The van der Waals surface area contributed by atoms with Gasteiger partial charge in [-0.1, -0.05) is 24.3 Å². The predicted octanol–water partition coefficient (Wildman–Crippen LogP) is 1.64. The molecule has 0 spiro atoms. The van der Waals surface area contributed by atoms with Crippen LogP contribution >= 0.6 is 0 Å². The highest BCUT2D eigenvalue weighted by Crippen LogP contribution is 2.23. The molecule has 1 aliphatic rings. The average Bonchev–Trinajstić information content (AvgIpc) is 2.35. The first-order valence-electron chi connectivity index (χ1n) is 5.32. The van der Waals surface area contributed by atoms with Crippen molar-refractivity contribution in [3.05, 3.63) is 35.4 Å². The van der Waals surface area contributed by atoms with Crippen LogP contribution in [0, 0.1) is 5.53 Å². The number of carboxylic acid groups (broad SMARTS) is 1. The summed E-state index contributed by atoms with van der Waals surface area (Å²) in [5.74, 6) is 0. The first-order valence-corrected chi connectivity index (χ1v) is 5.32. The Balaban J connectivity index is 2.27. The Kier molecular flexibility index (Phi) is 3.16. The van der Waals surface area contributed by atoms with E-state index in [9.17, 15) is 4.79 Å². The van der Waals surface area contributed by atoms with Gasteiger partial charge >= 0.3 is 6.09 Å². The molecule has 0 saturated heterocycles. The third-order valence-corrected chi connectivity index (χ3v) is 2.96. The van der Waals surface area contributed by atoms with Crippen molar-refractivity contribution in [1.82, 2.24) is 9.81 Å². The van der Waals surface area contributed by atoms with Crippen molar-refractivity contribution in [3.8, 4) is 0 Å². The Bertz CT molecular complexity index is 482. The molecule has 0 aliphatic carbocycles. The van der Waals surface area contributed by atoms with Gasteiger partial charge in [-0.15, -0.1) is 0 Å². The van der Waals surface area contributed by atoms with Crippen LogP contribution in [0.2, 0.25) is 0 Å². The second kappa shape index (κ2) is 4.76. The van der Waals surface area contributed by atoms with Crippen molar-refractivity contribution >= 4 is 6.09 Å². The smallest absolute Gasteiger partial charge is 0.407 e. The second-order valence-electron chi connectivity index (χ2n) is 3.96. The fourth-order valence-corrected chi connectivity index (χ4v) is 2.11. The molecule has 6 nitrogen and oxygen atoms in total. The lowest BCUT2D eigenvalue weighted by Crippen LogP contribution is -2.45. The van der Waals surface area contributed by atoms with E-state index in [2.05, 4.69) is 10.0 Å². The zero-order valence-corrected chi connectivity index (χ0v) is 9.21. The monoisotopic (exact) mass is 233 g/mol. The van der Waals surface area contributed by atoms with E-state index in [1.165, 1.54) is 4.90 Å². The molecule has 0 saturated carbocycles. The quantitative estimate of drug-likeness (QED) is 0.600. The van der Waals surface area contributed by atoms with Crippen LogP contribution < -0.4 is 4.91 Å². The van der Waals surface area contributed by atoms with E-state index in [4.69, 9.17) is 10.6 Å². The molecule has 1 aromatic rings. The number of benzene rings is 1. The number of carbonyl (C=O) groups is 1. The molecule has 1 aliphatic heterocycles. The van der Waals surface area contributed by atoms with Gasteiger partial charge in [0.1, 0.15) is 17.2 Å². The summed E-state index contributed by atoms with van der Waals surface area (Å²) in [6, 6.07) is 7.56. The van der Waals surface area contributed by atoms with Crippen molar-refractivity contribution in [3.63, 3.8) is 0 Å². The predicted molar refractivity (Wildman–Crippen MR) is 59.7 cm³/mol. The molecular formula is C11H13N4O2+. The van der Waals surface area contributed by atoms with Crippen molar-refractivity contribution in [1.29, 1.82) is 5.53 Å². The minimum absolute atomic E-state index is 0.225. The first-order chi connectivity index (χ1) is 8.22. The molecule has 0 bridgehead atoms. The molecule has 0 unspecified atom stereocenters. The Labute approximate surface area is 98.1 Å². The van der Waals surface area contributed by atoms with Gasteiger partial charge in [0.15, 0.2) is 0 Å². The third-order valence-electron chi connectivity index (χ3n) is 2.96. The summed E-state index contributed by atoms with van der Waals surface area (Å²) in [6.45, 7) is 0.619. The lowest BCUT2D eigenvalue weighted by molar-refractivity contribution is 0.116. The van der Waals surface area contributed by atoms with Gasteiger partial charge in [-0.3, -0.25) is 4.90 Å². The molecule has 0 aromatic heterocycles. The summed E-state index contributed by atoms with van der Waals surface area (Å²) in [5, 5.41) is 12.7. The molecule has 2 N–H and O–H groups in total. The fraction of sp³-hybridized carbons (Fsp3) is 0.364. The van der Waals surface area contributed by atoms with Crippen LogP contribution in [-0.2, 0) is 13.0 Å². The van der Waals surface area contributed by atoms with Crippen molar-refractivity contribution in [2.75, 3.05) is 6.54 Å². The van der Waals surface area contributed by atoms with E-state index in [-0.39, 0.29) is 12.6 Å². The number of fused-ring (bicyclic) bond motifs is 1. The van der Waals surface area contributed by atoms with Gasteiger partial charge in [0.25, 0.3) is 0 Å². The standard InChI is InChI=1S/C11H12N4O2/c12-14-13-6-10-5-8-3-1-2-4-9(8)7-15(10)11(16)17/h1-4,10,12H,5-7H2/p+1/t10-/m0/s1. The number of rotatable bonds is 2. The van der Waals surface area contributed by atoms with Gasteiger partial charge in [0.2, 0.25) is 4.91 Å². The van der Waals surface area contributed by atoms with E-state index in [0.717, 1.165) is 11.1 Å². The van der Waals surface area contributed by atoms with Crippen molar-refractivity contribution in [2.45, 2.75) is 19.0 Å². The summed E-state index contributed by atoms with van der Waals surface area (Å²) in [5.41, 5.74) is 8.82. The van der Waals surface area contributed by atoms with E-state index in [1.54, 1.807) is 0 Å². The van der Waals surface area contributed by atoms with E-state index < -0.39 is 6.09 Å². The maximum atomic E-state index is 11.1. The molecule has 1 aromatic carbocycles. The van der Waals surface area contributed by atoms with Gasteiger partial charge in [-0.2, -0.15) is 0 Å². The van der Waals surface area contributed by atoms with Crippen LogP contribution in [0.25, 0.3) is 0 Å². The van der Waals surface area contributed by atoms with Crippen LogP contribution in [0.4, 0.5) is 4.79 Å². The summed E-state index contributed by atoms with van der Waals surface area (Å²) >= 11 is 0. The molecule has 88 valence electrons. The average molecular weight is 233 g/mol. The van der Waals surface area contributed by atoms with Crippen molar-refractivity contribution < 1.29 is 9.90 Å². The number of nitrogens with zero attached hydrogens (tertiary/aromatic N) is 3. The molecule has 17 heavy (non-hydrogen) atoms. The summed E-state index contributed by atoms with van der Waals surface area (Å²) in [7, 11) is 0. The zero-order valence-electron chi connectivity index (χ0n) is 9.21. The molecule has 1 amide bonds. The highest BCUT2D eigenvalue weighted by atomic mass is 16.4. The summed E-state index contributed by atoms with van der Waals surface area (Å²) in [4.78, 5) is 15.4. The molecule has 0 radical (unpaired) electrons. The maximum Gasteiger partial charge on any atom is 0.407 e. The van der Waals surface area contributed by atoms with Crippen LogP contribution in [-0.4, -0.2) is 28.7 Å². The van der Waals surface area contributed by atoms with E-state index in [1.807, 2.05) is 24.3 Å². The fourth-order valence-electron chi connectivity index (χ4n) is 2.11. The van der Waals surface area contributed by atoms with Gasteiger partial charge in [0.05, 0.1) is 6.04 Å². The zero-order chi connectivity index (χ0) is 12.3. The second-order valence-corrected chi connectivity index (χ2v) is 3.96. The summed E-state index contributed by atoms with van der Waals surface area (Å²) < 4.78 is 0. The molecule has 1 heterocycles. The normalized spacial score (nSPS) is 18.1. The Morgan fingerprint density at radius 1 is 1.53 bits per heavy atom. The third kappa shape index (κ3) is 2.32. The lowest BCUT2D eigenvalue weighted by atomic mass is 9.94. The topological polar surface area (TPSA) is 90.9 Å². The highest BCUT2D eigenvalue weighted by Gasteiger charge is 2.30. The van der Waals surface area contributed by atoms with E-state index in [0.29, 0.717) is 13.0 Å². The van der Waals surface area contributed by atoms with Gasteiger partial charge in [-0.05, 0) is 17.5 Å². The van der Waals surface area contributed by atoms with E-state index >= 15 is 0 Å². The lowest BCUT2D eigenvalue weighted by Gasteiger charge is -2.32. The van der Waals surface area contributed by atoms with Gasteiger partial charge in [0, 0.05) is 6.54 Å². The molecular weight excluding hydrogens is 220 g/mol. The Hall–Kier alpha value is -2.20. The molecule has 1 atom stereocenters. The number of amides is 1. The van der Waals surface area contributed by atoms with Crippen LogP contribution in [0.1, 0.15) is 11.1 Å². The number of hydrogen-bond acceptors (Lipinski definition) is 3. The summed E-state index contributed by atoms with van der Waals surface area (Å²) in [6.07, 6.45) is -0.328. The SMILES string of the molecule is N=[N+]=NC[C@@H]1Cc2ccccc2CN1C(=O)O. The van der Waals surface area contributed by atoms with Crippen molar-refractivity contribution in [2.24, 2.45) is 5.11 Å². The van der Waals surface area contributed by atoms with Crippen LogP contribution in [0.15, 0.2) is 29.4 Å². The van der Waals surface area contributed by atoms with Gasteiger partial charge < -0.3 is 5.11 Å². The first kappa shape index (κ1) is 11.3. The molecule has 2 rings (SSSR count). The maximum absolute atomic E-state index is 11.1. The Morgan fingerprint density at radius 2 is 2.24 bits per heavy atom. The molecule has 0 fully saturated rings. The number of hydrogen-bond donors (Lipinski definition) is 2. The largest absolute Gasteiger partial charge is 0.465 e. The molecule has 6 heteroatoms. The minimum atomic E-state index is -0.954. The number of nitrogens with one attached hydrogen (secondary N) is 1. The Morgan fingerprint density at radius 3 is 2.88 bits per heavy atom.